The number of β-amino-alcohol motifs (C(OH)–C–C–N with tert-alkyl or cyclic N) is 1. The number of rotatable bonds is 8. The Morgan fingerprint density at radius 2 is 1.66 bits per heavy atom. The number of aliphatic carboxylic acids is 1. The minimum Gasteiger partial charge on any atom is -0.480 e. The Bertz CT molecular complexity index is 1060. The van der Waals surface area contributed by atoms with Gasteiger partial charge in [0.05, 0.1) is 6.10 Å². The van der Waals surface area contributed by atoms with Gasteiger partial charge < -0.3 is 25.2 Å². The fraction of sp³-hybridized carbons (Fsp3) is 0.444. The van der Waals surface area contributed by atoms with Crippen molar-refractivity contribution in [2.75, 3.05) is 19.7 Å². The van der Waals surface area contributed by atoms with Crippen LogP contribution in [0.5, 0.6) is 0 Å². The predicted molar refractivity (Wildman–Crippen MR) is 130 cm³/mol. The van der Waals surface area contributed by atoms with Crippen LogP contribution in [0.1, 0.15) is 43.7 Å². The number of aliphatic hydroxyl groups excluding tert-OH is 1. The fourth-order valence-electron chi connectivity index (χ4n) is 5.07. The number of carboxylic acids is 1. The molecule has 2 aliphatic rings. The molecule has 0 bridgehead atoms. The summed E-state index contributed by atoms with van der Waals surface area (Å²) in [5, 5.41) is 22.0. The van der Waals surface area contributed by atoms with Crippen LogP contribution in [0, 0.1) is 11.8 Å². The average molecular weight is 481 g/mol. The first-order valence-electron chi connectivity index (χ1n) is 12.1. The lowest BCUT2D eigenvalue weighted by Crippen LogP contribution is -2.43. The maximum absolute atomic E-state index is 12.8. The molecule has 1 fully saturated rings. The molecule has 1 saturated heterocycles. The molecule has 1 aliphatic heterocycles. The van der Waals surface area contributed by atoms with E-state index in [9.17, 15) is 24.6 Å². The van der Waals surface area contributed by atoms with Crippen LogP contribution < -0.4 is 5.32 Å². The number of nitrogens with one attached hydrogen (secondary N) is 1. The maximum Gasteiger partial charge on any atom is 0.407 e. The summed E-state index contributed by atoms with van der Waals surface area (Å²) in [5.41, 5.74) is 4.57. The number of carbonyl (C=O) groups is 3. The molecule has 186 valence electrons. The standard InChI is InChI=1S/C27H32N2O6/c1-16(2)17(11-25(31)29-14-18(30)12-24(29)26(32)33)13-28-27(34)35-15-23-21-9-5-3-7-19(21)20-8-4-6-10-22(20)23/h3-10,16-18,23-24,30H,11-15H2,1-2H3,(H,28,34)(H,32,33)/t17?,18-,24+/m1/s1. The van der Waals surface area contributed by atoms with Gasteiger partial charge >= 0.3 is 12.1 Å². The molecule has 1 unspecified atom stereocenters. The van der Waals surface area contributed by atoms with Crippen molar-refractivity contribution in [1.82, 2.24) is 10.2 Å². The third-order valence-corrected chi connectivity index (χ3v) is 7.12. The van der Waals surface area contributed by atoms with Crippen LogP contribution in [-0.4, -0.2) is 64.9 Å². The number of nitrogens with zero attached hydrogens (tertiary/aromatic N) is 1. The molecule has 0 saturated carbocycles. The van der Waals surface area contributed by atoms with Gasteiger partial charge in [-0.3, -0.25) is 4.79 Å². The van der Waals surface area contributed by atoms with Crippen molar-refractivity contribution in [2.45, 2.75) is 44.8 Å². The molecule has 1 aliphatic carbocycles. The van der Waals surface area contributed by atoms with Gasteiger partial charge in [-0.15, -0.1) is 0 Å². The van der Waals surface area contributed by atoms with Crippen molar-refractivity contribution in [1.29, 1.82) is 0 Å². The van der Waals surface area contributed by atoms with Gasteiger partial charge in [0.25, 0.3) is 0 Å². The highest BCUT2D eigenvalue weighted by Gasteiger charge is 2.39. The van der Waals surface area contributed by atoms with E-state index in [2.05, 4.69) is 29.6 Å². The summed E-state index contributed by atoms with van der Waals surface area (Å²) in [6, 6.07) is 15.2. The number of fused-ring (bicyclic) bond motifs is 3. The van der Waals surface area contributed by atoms with Crippen LogP contribution in [0.25, 0.3) is 11.1 Å². The monoisotopic (exact) mass is 480 g/mol. The molecule has 0 radical (unpaired) electrons. The molecular weight excluding hydrogens is 448 g/mol. The first-order chi connectivity index (χ1) is 16.8. The van der Waals surface area contributed by atoms with Gasteiger partial charge in [0.15, 0.2) is 0 Å². The topological polar surface area (TPSA) is 116 Å². The largest absolute Gasteiger partial charge is 0.480 e. The van der Waals surface area contributed by atoms with Gasteiger partial charge in [0, 0.05) is 31.8 Å². The zero-order valence-corrected chi connectivity index (χ0v) is 20.0. The number of carbonyl (C=O) groups excluding carboxylic acids is 2. The highest BCUT2D eigenvalue weighted by atomic mass is 16.5. The van der Waals surface area contributed by atoms with Crippen LogP contribution in [0.3, 0.4) is 0 Å². The van der Waals surface area contributed by atoms with Gasteiger partial charge in [-0.05, 0) is 34.1 Å². The summed E-state index contributed by atoms with van der Waals surface area (Å²) in [6.45, 7) is 4.35. The van der Waals surface area contributed by atoms with Crippen molar-refractivity contribution in [3.8, 4) is 11.1 Å². The van der Waals surface area contributed by atoms with Crippen LogP contribution >= 0.6 is 0 Å². The Balaban J connectivity index is 1.33. The molecule has 1 heterocycles. The van der Waals surface area contributed by atoms with E-state index in [1.54, 1.807) is 0 Å². The Morgan fingerprint density at radius 1 is 1.06 bits per heavy atom. The van der Waals surface area contributed by atoms with E-state index in [1.807, 2.05) is 38.1 Å². The van der Waals surface area contributed by atoms with E-state index >= 15 is 0 Å². The predicted octanol–water partition coefficient (Wildman–Crippen LogP) is 3.23. The number of amides is 2. The van der Waals surface area contributed by atoms with Crippen molar-refractivity contribution in [3.63, 3.8) is 0 Å². The number of hydrogen-bond acceptors (Lipinski definition) is 5. The summed E-state index contributed by atoms with van der Waals surface area (Å²) >= 11 is 0. The first kappa shape index (κ1) is 24.7. The summed E-state index contributed by atoms with van der Waals surface area (Å²) in [4.78, 5) is 38.0. The number of aliphatic hydroxyl groups is 1. The third-order valence-electron chi connectivity index (χ3n) is 7.12. The number of ether oxygens (including phenoxy) is 1. The lowest BCUT2D eigenvalue weighted by molar-refractivity contribution is -0.148. The molecule has 3 N–H and O–H groups in total. The zero-order valence-electron chi connectivity index (χ0n) is 20.0. The van der Waals surface area contributed by atoms with Gasteiger partial charge in [0.2, 0.25) is 5.91 Å². The first-order valence-corrected chi connectivity index (χ1v) is 12.1. The zero-order chi connectivity index (χ0) is 25.1. The Hall–Kier alpha value is -3.39. The minimum atomic E-state index is -1.12. The van der Waals surface area contributed by atoms with E-state index in [-0.39, 0.29) is 56.2 Å². The molecule has 2 aromatic rings. The molecular formula is C27H32N2O6. The second-order valence-electron chi connectivity index (χ2n) is 9.70. The summed E-state index contributed by atoms with van der Waals surface area (Å²) in [5.74, 6) is -1.61. The van der Waals surface area contributed by atoms with E-state index < -0.39 is 24.2 Å². The summed E-state index contributed by atoms with van der Waals surface area (Å²) in [6.07, 6.45) is -1.27. The van der Waals surface area contributed by atoms with Crippen molar-refractivity contribution in [2.24, 2.45) is 11.8 Å². The molecule has 35 heavy (non-hydrogen) atoms. The number of hydrogen-bond donors (Lipinski definition) is 3. The smallest absolute Gasteiger partial charge is 0.407 e. The van der Waals surface area contributed by atoms with Crippen LogP contribution in [0.4, 0.5) is 4.79 Å². The number of alkyl carbamates (subject to hydrolysis) is 1. The quantitative estimate of drug-likeness (QED) is 0.534. The Labute approximate surface area is 204 Å². The summed E-state index contributed by atoms with van der Waals surface area (Å²) in [7, 11) is 0. The number of carboxylic acid groups (broad SMARTS) is 1. The molecule has 8 nitrogen and oxygen atoms in total. The molecule has 3 atom stereocenters. The summed E-state index contributed by atoms with van der Waals surface area (Å²) < 4.78 is 5.58. The second kappa shape index (κ2) is 10.5. The van der Waals surface area contributed by atoms with E-state index in [1.165, 1.54) is 4.90 Å². The van der Waals surface area contributed by atoms with Crippen LogP contribution in [0.2, 0.25) is 0 Å². The van der Waals surface area contributed by atoms with Crippen molar-refractivity contribution >= 4 is 18.0 Å². The molecule has 4 rings (SSSR count). The molecule has 0 spiro atoms. The number of likely N-dealkylation sites (tertiary alicyclic amines) is 1. The molecule has 2 amide bonds. The van der Waals surface area contributed by atoms with E-state index in [0.717, 1.165) is 22.3 Å². The average Bonchev–Trinajstić information content (AvgIpc) is 3.38. The van der Waals surface area contributed by atoms with Gasteiger partial charge in [0.1, 0.15) is 12.6 Å². The van der Waals surface area contributed by atoms with Crippen molar-refractivity contribution < 1.29 is 29.3 Å². The maximum atomic E-state index is 12.8. The minimum absolute atomic E-state index is 0.0143. The van der Waals surface area contributed by atoms with Crippen LogP contribution in [0.15, 0.2) is 48.5 Å². The second-order valence-corrected chi connectivity index (χ2v) is 9.70. The molecule has 0 aromatic heterocycles. The Morgan fingerprint density at radius 3 is 2.23 bits per heavy atom. The van der Waals surface area contributed by atoms with E-state index in [0.29, 0.717) is 0 Å². The van der Waals surface area contributed by atoms with Gasteiger partial charge in [-0.25, -0.2) is 9.59 Å². The van der Waals surface area contributed by atoms with E-state index in [4.69, 9.17) is 4.74 Å². The van der Waals surface area contributed by atoms with Crippen molar-refractivity contribution in [3.05, 3.63) is 59.7 Å². The van der Waals surface area contributed by atoms with Gasteiger partial charge in [-0.1, -0.05) is 62.4 Å². The lowest BCUT2D eigenvalue weighted by Gasteiger charge is -2.26. The Kier molecular flexibility index (Phi) is 7.40. The fourth-order valence-corrected chi connectivity index (χ4v) is 5.07. The normalized spacial score (nSPS) is 19.8. The number of benzene rings is 2. The lowest BCUT2D eigenvalue weighted by atomic mass is 9.91. The molecule has 8 heteroatoms. The van der Waals surface area contributed by atoms with Crippen LogP contribution in [-0.2, 0) is 14.3 Å². The molecule has 2 aromatic carbocycles. The highest BCUT2D eigenvalue weighted by molar-refractivity contribution is 5.84. The van der Waals surface area contributed by atoms with Gasteiger partial charge in [-0.2, -0.15) is 0 Å². The SMILES string of the molecule is CC(C)C(CNC(=O)OCC1c2ccccc2-c2ccccc21)CC(=O)N1C[C@H](O)C[C@H]1C(=O)O. The highest BCUT2D eigenvalue weighted by Crippen LogP contribution is 2.44. The third kappa shape index (κ3) is 5.32.